The molecule has 1 atom stereocenters. The van der Waals surface area contributed by atoms with Gasteiger partial charge in [0.05, 0.1) is 5.75 Å². The Hall–Kier alpha value is -2.80. The Labute approximate surface area is 169 Å². The summed E-state index contributed by atoms with van der Waals surface area (Å²) in [6.45, 7) is 6.03. The molecule has 0 spiro atoms. The fourth-order valence-electron chi connectivity index (χ4n) is 2.83. The number of aryl methyl sites for hydroxylation is 2. The lowest BCUT2D eigenvalue weighted by molar-refractivity contribution is -0.113. The van der Waals surface area contributed by atoms with Crippen LogP contribution in [0.25, 0.3) is 0 Å². The standard InChI is InChI=1S/C21H24N4O2S/c1-14-10-11-18(15(2)12-14)27-16(3)20-23-24-21(25(20)4)28-13-19(26)22-17-8-6-5-7-9-17/h5-12,16H,13H2,1-4H3,(H,22,26). The second kappa shape index (κ2) is 8.93. The minimum atomic E-state index is -0.258. The fraction of sp³-hybridized carbons (Fsp3) is 0.286. The lowest BCUT2D eigenvalue weighted by Gasteiger charge is -2.16. The molecule has 0 aliphatic rings. The Morgan fingerprint density at radius 1 is 1.18 bits per heavy atom. The molecular weight excluding hydrogens is 372 g/mol. The SMILES string of the molecule is Cc1ccc(OC(C)c2nnc(SCC(=O)Nc3ccccc3)n2C)c(C)c1. The maximum absolute atomic E-state index is 12.1. The second-order valence-electron chi connectivity index (χ2n) is 6.63. The number of hydrogen-bond donors (Lipinski definition) is 1. The van der Waals surface area contributed by atoms with Crippen molar-refractivity contribution in [1.29, 1.82) is 0 Å². The molecule has 0 aliphatic heterocycles. The predicted octanol–water partition coefficient (Wildman–Crippen LogP) is 4.30. The number of ether oxygens (including phenoxy) is 1. The zero-order valence-corrected chi connectivity index (χ0v) is 17.3. The van der Waals surface area contributed by atoms with Gasteiger partial charge in [-0.3, -0.25) is 4.79 Å². The molecule has 3 aromatic rings. The van der Waals surface area contributed by atoms with Crippen LogP contribution in [0.1, 0.15) is 30.0 Å². The first-order valence-corrected chi connectivity index (χ1v) is 10.0. The van der Waals surface area contributed by atoms with Gasteiger partial charge >= 0.3 is 0 Å². The third kappa shape index (κ3) is 4.92. The molecule has 1 aromatic heterocycles. The highest BCUT2D eigenvalue weighted by molar-refractivity contribution is 7.99. The van der Waals surface area contributed by atoms with Crippen LogP contribution in [0.5, 0.6) is 5.75 Å². The van der Waals surface area contributed by atoms with Gasteiger partial charge in [0.25, 0.3) is 0 Å². The van der Waals surface area contributed by atoms with Crippen molar-refractivity contribution in [2.75, 3.05) is 11.1 Å². The minimum Gasteiger partial charge on any atom is -0.482 e. The molecule has 2 aromatic carbocycles. The molecule has 7 heteroatoms. The fourth-order valence-corrected chi connectivity index (χ4v) is 3.55. The number of nitrogens with zero attached hydrogens (tertiary/aromatic N) is 3. The Bertz CT molecular complexity index is 956. The van der Waals surface area contributed by atoms with E-state index in [-0.39, 0.29) is 17.8 Å². The first kappa shape index (κ1) is 19.9. The van der Waals surface area contributed by atoms with Crippen molar-refractivity contribution < 1.29 is 9.53 Å². The van der Waals surface area contributed by atoms with E-state index in [9.17, 15) is 4.79 Å². The van der Waals surface area contributed by atoms with E-state index >= 15 is 0 Å². The predicted molar refractivity (Wildman–Crippen MR) is 112 cm³/mol. The van der Waals surface area contributed by atoms with Crippen LogP contribution >= 0.6 is 11.8 Å². The highest BCUT2D eigenvalue weighted by Crippen LogP contribution is 2.26. The van der Waals surface area contributed by atoms with E-state index in [2.05, 4.69) is 28.5 Å². The Balaban J connectivity index is 1.60. The third-order valence-corrected chi connectivity index (χ3v) is 5.28. The monoisotopic (exact) mass is 396 g/mol. The maximum atomic E-state index is 12.1. The number of amides is 1. The largest absolute Gasteiger partial charge is 0.482 e. The number of thioether (sulfide) groups is 1. The van der Waals surface area contributed by atoms with Gasteiger partial charge in [-0.1, -0.05) is 47.7 Å². The van der Waals surface area contributed by atoms with Gasteiger partial charge < -0.3 is 14.6 Å². The van der Waals surface area contributed by atoms with E-state index in [4.69, 9.17) is 4.74 Å². The van der Waals surface area contributed by atoms with Crippen molar-refractivity contribution in [2.24, 2.45) is 7.05 Å². The summed E-state index contributed by atoms with van der Waals surface area (Å²) in [6, 6.07) is 15.5. The molecular formula is C21H24N4O2S. The van der Waals surface area contributed by atoms with Crippen LogP contribution in [0.15, 0.2) is 53.7 Å². The number of benzene rings is 2. The lowest BCUT2D eigenvalue weighted by Crippen LogP contribution is -2.14. The molecule has 0 saturated heterocycles. The summed E-state index contributed by atoms with van der Waals surface area (Å²) >= 11 is 1.35. The van der Waals surface area contributed by atoms with Crippen LogP contribution in [0, 0.1) is 13.8 Å². The topological polar surface area (TPSA) is 69.0 Å². The van der Waals surface area contributed by atoms with Crippen molar-refractivity contribution in [3.05, 3.63) is 65.5 Å². The number of hydrogen-bond acceptors (Lipinski definition) is 5. The average molecular weight is 397 g/mol. The Morgan fingerprint density at radius 2 is 1.93 bits per heavy atom. The third-order valence-electron chi connectivity index (χ3n) is 4.26. The van der Waals surface area contributed by atoms with Gasteiger partial charge in [-0.2, -0.15) is 0 Å². The van der Waals surface area contributed by atoms with E-state index in [1.165, 1.54) is 17.3 Å². The van der Waals surface area contributed by atoms with Crippen LogP contribution in [0.4, 0.5) is 5.69 Å². The second-order valence-corrected chi connectivity index (χ2v) is 7.57. The number of anilines is 1. The number of carbonyl (C=O) groups is 1. The summed E-state index contributed by atoms with van der Waals surface area (Å²) < 4.78 is 7.94. The van der Waals surface area contributed by atoms with Crippen LogP contribution < -0.4 is 10.1 Å². The number of aromatic nitrogens is 3. The summed E-state index contributed by atoms with van der Waals surface area (Å²) in [5.74, 6) is 1.72. The Kier molecular flexibility index (Phi) is 6.36. The van der Waals surface area contributed by atoms with E-state index < -0.39 is 0 Å². The molecule has 1 amide bonds. The molecule has 1 N–H and O–H groups in total. The van der Waals surface area contributed by atoms with Gasteiger partial charge in [-0.05, 0) is 44.5 Å². The van der Waals surface area contributed by atoms with Gasteiger partial charge in [-0.15, -0.1) is 10.2 Å². The first-order chi connectivity index (χ1) is 13.4. The van der Waals surface area contributed by atoms with Gasteiger partial charge in [0, 0.05) is 12.7 Å². The van der Waals surface area contributed by atoms with E-state index in [1.54, 1.807) is 0 Å². The molecule has 1 heterocycles. The highest BCUT2D eigenvalue weighted by atomic mass is 32.2. The molecule has 146 valence electrons. The summed E-state index contributed by atoms with van der Waals surface area (Å²) in [5.41, 5.74) is 3.06. The quantitative estimate of drug-likeness (QED) is 0.603. The highest BCUT2D eigenvalue weighted by Gasteiger charge is 2.18. The van der Waals surface area contributed by atoms with Gasteiger partial charge in [0.15, 0.2) is 17.1 Å². The summed E-state index contributed by atoms with van der Waals surface area (Å²) in [4.78, 5) is 12.1. The van der Waals surface area contributed by atoms with Gasteiger partial charge in [0.2, 0.25) is 5.91 Å². The smallest absolute Gasteiger partial charge is 0.234 e. The Morgan fingerprint density at radius 3 is 2.64 bits per heavy atom. The normalized spacial score (nSPS) is 11.9. The van der Waals surface area contributed by atoms with E-state index in [0.29, 0.717) is 11.0 Å². The maximum Gasteiger partial charge on any atom is 0.234 e. The van der Waals surface area contributed by atoms with Crippen molar-refractivity contribution in [3.8, 4) is 5.75 Å². The molecule has 28 heavy (non-hydrogen) atoms. The summed E-state index contributed by atoms with van der Waals surface area (Å²) in [6.07, 6.45) is -0.258. The van der Waals surface area contributed by atoms with Crippen LogP contribution in [-0.4, -0.2) is 26.4 Å². The average Bonchev–Trinajstić information content (AvgIpc) is 3.04. The van der Waals surface area contributed by atoms with Crippen molar-refractivity contribution in [1.82, 2.24) is 14.8 Å². The van der Waals surface area contributed by atoms with Crippen LogP contribution in [-0.2, 0) is 11.8 Å². The van der Waals surface area contributed by atoms with E-state index in [0.717, 1.165) is 17.0 Å². The molecule has 1 unspecified atom stereocenters. The minimum absolute atomic E-state index is 0.0830. The molecule has 0 aliphatic carbocycles. The lowest BCUT2D eigenvalue weighted by atomic mass is 10.1. The number of nitrogens with one attached hydrogen (secondary N) is 1. The van der Waals surface area contributed by atoms with Crippen molar-refractivity contribution in [2.45, 2.75) is 32.0 Å². The molecule has 3 rings (SSSR count). The van der Waals surface area contributed by atoms with Crippen molar-refractivity contribution >= 4 is 23.4 Å². The number of para-hydroxylation sites is 1. The van der Waals surface area contributed by atoms with Crippen molar-refractivity contribution in [3.63, 3.8) is 0 Å². The zero-order valence-electron chi connectivity index (χ0n) is 16.5. The molecule has 0 saturated carbocycles. The van der Waals surface area contributed by atoms with Gasteiger partial charge in [-0.25, -0.2) is 0 Å². The van der Waals surface area contributed by atoms with Crippen LogP contribution in [0.2, 0.25) is 0 Å². The summed E-state index contributed by atoms with van der Waals surface area (Å²) in [5, 5.41) is 12.0. The molecule has 0 bridgehead atoms. The molecule has 6 nitrogen and oxygen atoms in total. The number of carbonyl (C=O) groups excluding carboxylic acids is 1. The summed E-state index contributed by atoms with van der Waals surface area (Å²) in [7, 11) is 1.88. The van der Waals surface area contributed by atoms with E-state index in [1.807, 2.05) is 67.9 Å². The zero-order chi connectivity index (χ0) is 20.1. The number of rotatable bonds is 7. The van der Waals surface area contributed by atoms with Gasteiger partial charge in [0.1, 0.15) is 5.75 Å². The molecule has 0 radical (unpaired) electrons. The first-order valence-electron chi connectivity index (χ1n) is 9.05. The molecule has 0 fully saturated rings. The van der Waals surface area contributed by atoms with Crippen LogP contribution in [0.3, 0.4) is 0 Å².